The number of nitrogens with zero attached hydrogens (tertiary/aromatic N) is 1. The molecule has 84 valence electrons. The lowest BCUT2D eigenvalue weighted by Crippen LogP contribution is -2.45. The molecular formula is C12H26N2. The first-order valence-corrected chi connectivity index (χ1v) is 6.13. The van der Waals surface area contributed by atoms with Crippen LogP contribution in [0, 0.1) is 11.8 Å². The Hall–Kier alpha value is -0.0800. The molecular weight excluding hydrogens is 172 g/mol. The maximum absolute atomic E-state index is 5.65. The monoisotopic (exact) mass is 198 g/mol. The summed E-state index contributed by atoms with van der Waals surface area (Å²) >= 11 is 0. The van der Waals surface area contributed by atoms with E-state index in [4.69, 9.17) is 5.73 Å². The molecule has 0 aromatic rings. The van der Waals surface area contributed by atoms with Crippen molar-refractivity contribution in [3.63, 3.8) is 0 Å². The van der Waals surface area contributed by atoms with Crippen molar-refractivity contribution in [3.05, 3.63) is 0 Å². The van der Waals surface area contributed by atoms with Gasteiger partial charge in [0.1, 0.15) is 0 Å². The highest BCUT2D eigenvalue weighted by molar-refractivity contribution is 4.80. The van der Waals surface area contributed by atoms with Crippen LogP contribution in [0.5, 0.6) is 0 Å². The zero-order chi connectivity index (χ0) is 10.6. The van der Waals surface area contributed by atoms with E-state index in [0.29, 0.717) is 0 Å². The molecule has 0 saturated carbocycles. The Kier molecular flexibility index (Phi) is 4.90. The molecule has 1 heterocycles. The van der Waals surface area contributed by atoms with E-state index in [1.807, 2.05) is 0 Å². The van der Waals surface area contributed by atoms with Crippen LogP contribution in [0.25, 0.3) is 0 Å². The van der Waals surface area contributed by atoms with E-state index in [0.717, 1.165) is 30.8 Å². The molecule has 2 heteroatoms. The van der Waals surface area contributed by atoms with Gasteiger partial charge in [-0.15, -0.1) is 0 Å². The van der Waals surface area contributed by atoms with Crippen molar-refractivity contribution < 1.29 is 0 Å². The van der Waals surface area contributed by atoms with Crippen LogP contribution in [-0.2, 0) is 0 Å². The topological polar surface area (TPSA) is 29.3 Å². The van der Waals surface area contributed by atoms with Gasteiger partial charge in [0.15, 0.2) is 0 Å². The Morgan fingerprint density at radius 1 is 1.36 bits per heavy atom. The Bertz CT molecular complexity index is 158. The predicted molar refractivity (Wildman–Crippen MR) is 62.3 cm³/mol. The summed E-state index contributed by atoms with van der Waals surface area (Å²) in [6.07, 6.45) is 3.78. The first-order valence-electron chi connectivity index (χ1n) is 6.13. The van der Waals surface area contributed by atoms with Crippen LogP contribution in [0.1, 0.15) is 40.0 Å². The molecule has 14 heavy (non-hydrogen) atoms. The van der Waals surface area contributed by atoms with Crippen LogP contribution in [0.4, 0.5) is 0 Å². The third-order valence-corrected chi connectivity index (χ3v) is 3.85. The van der Waals surface area contributed by atoms with Gasteiger partial charge >= 0.3 is 0 Å². The third-order valence-electron chi connectivity index (χ3n) is 3.85. The second-order valence-electron chi connectivity index (χ2n) is 4.88. The number of hydrogen-bond donors (Lipinski definition) is 1. The smallest absolute Gasteiger partial charge is 0.0105 e. The molecule has 0 spiro atoms. The largest absolute Gasteiger partial charge is 0.330 e. The summed E-state index contributed by atoms with van der Waals surface area (Å²) in [7, 11) is 0. The summed E-state index contributed by atoms with van der Waals surface area (Å²) in [5.74, 6) is 1.76. The summed E-state index contributed by atoms with van der Waals surface area (Å²) < 4.78 is 0. The lowest BCUT2D eigenvalue weighted by molar-refractivity contribution is 0.0900. The summed E-state index contributed by atoms with van der Waals surface area (Å²) in [6, 6.07) is 0.731. The molecule has 1 saturated heterocycles. The van der Waals surface area contributed by atoms with Crippen LogP contribution in [0.2, 0.25) is 0 Å². The second-order valence-corrected chi connectivity index (χ2v) is 4.88. The minimum absolute atomic E-state index is 0.731. The molecule has 0 aromatic carbocycles. The number of rotatable bonds is 4. The lowest BCUT2D eigenvalue weighted by atomic mass is 9.87. The number of piperidine rings is 1. The Balaban J connectivity index is 2.43. The van der Waals surface area contributed by atoms with Gasteiger partial charge in [0, 0.05) is 12.6 Å². The molecule has 0 aliphatic carbocycles. The molecule has 0 radical (unpaired) electrons. The molecule has 2 N–H and O–H groups in total. The average molecular weight is 198 g/mol. The molecule has 0 amide bonds. The van der Waals surface area contributed by atoms with Gasteiger partial charge in [-0.3, -0.25) is 0 Å². The molecule has 3 atom stereocenters. The zero-order valence-electron chi connectivity index (χ0n) is 10.00. The Morgan fingerprint density at radius 3 is 2.57 bits per heavy atom. The van der Waals surface area contributed by atoms with Crippen molar-refractivity contribution in [2.24, 2.45) is 17.6 Å². The molecule has 1 rings (SSSR count). The fraction of sp³-hybridized carbons (Fsp3) is 1.00. The van der Waals surface area contributed by atoms with Gasteiger partial charge in [0.2, 0.25) is 0 Å². The van der Waals surface area contributed by atoms with E-state index in [1.54, 1.807) is 0 Å². The van der Waals surface area contributed by atoms with Gasteiger partial charge in [-0.05, 0) is 44.2 Å². The fourth-order valence-corrected chi connectivity index (χ4v) is 2.46. The number of likely N-dealkylation sites (tertiary alicyclic amines) is 1. The van der Waals surface area contributed by atoms with E-state index in [1.165, 1.54) is 25.9 Å². The minimum atomic E-state index is 0.731. The zero-order valence-corrected chi connectivity index (χ0v) is 10.00. The highest BCUT2D eigenvalue weighted by atomic mass is 15.2. The Labute approximate surface area is 88.8 Å². The highest BCUT2D eigenvalue weighted by Crippen LogP contribution is 2.25. The van der Waals surface area contributed by atoms with Crippen molar-refractivity contribution in [1.29, 1.82) is 0 Å². The van der Waals surface area contributed by atoms with Gasteiger partial charge in [-0.2, -0.15) is 0 Å². The van der Waals surface area contributed by atoms with Crippen molar-refractivity contribution >= 4 is 0 Å². The van der Waals surface area contributed by atoms with E-state index < -0.39 is 0 Å². The van der Waals surface area contributed by atoms with E-state index in [2.05, 4.69) is 25.7 Å². The van der Waals surface area contributed by atoms with Crippen molar-refractivity contribution in [2.75, 3.05) is 19.6 Å². The standard InChI is InChI=1S/C12H26N2/c1-4-12(5-7-13)14-8-6-10(2)11(3)9-14/h10-12H,4-9,13H2,1-3H3. The van der Waals surface area contributed by atoms with Crippen molar-refractivity contribution in [3.8, 4) is 0 Å². The summed E-state index contributed by atoms with van der Waals surface area (Å²) in [5.41, 5.74) is 5.65. The van der Waals surface area contributed by atoms with Crippen LogP contribution in [-0.4, -0.2) is 30.6 Å². The SMILES string of the molecule is CCC(CCN)N1CCC(C)C(C)C1. The maximum Gasteiger partial charge on any atom is 0.0105 e. The molecule has 0 bridgehead atoms. The molecule has 1 fully saturated rings. The van der Waals surface area contributed by atoms with Gasteiger partial charge in [-0.25, -0.2) is 0 Å². The minimum Gasteiger partial charge on any atom is -0.330 e. The van der Waals surface area contributed by atoms with Crippen LogP contribution < -0.4 is 5.73 Å². The third kappa shape index (κ3) is 2.96. The first-order chi connectivity index (χ1) is 6.69. The van der Waals surface area contributed by atoms with Crippen LogP contribution in [0.3, 0.4) is 0 Å². The van der Waals surface area contributed by atoms with E-state index >= 15 is 0 Å². The van der Waals surface area contributed by atoms with Gasteiger partial charge in [0.25, 0.3) is 0 Å². The predicted octanol–water partition coefficient (Wildman–Crippen LogP) is 2.09. The van der Waals surface area contributed by atoms with E-state index in [-0.39, 0.29) is 0 Å². The van der Waals surface area contributed by atoms with Crippen LogP contribution in [0.15, 0.2) is 0 Å². The summed E-state index contributed by atoms with van der Waals surface area (Å²) in [4.78, 5) is 2.65. The second kappa shape index (κ2) is 5.72. The van der Waals surface area contributed by atoms with E-state index in [9.17, 15) is 0 Å². The highest BCUT2D eigenvalue weighted by Gasteiger charge is 2.26. The normalized spacial score (nSPS) is 31.7. The lowest BCUT2D eigenvalue weighted by Gasteiger charge is -2.40. The van der Waals surface area contributed by atoms with Gasteiger partial charge < -0.3 is 10.6 Å². The van der Waals surface area contributed by atoms with Gasteiger partial charge in [0.05, 0.1) is 0 Å². The number of hydrogen-bond acceptors (Lipinski definition) is 2. The molecule has 1 aliphatic rings. The van der Waals surface area contributed by atoms with Crippen molar-refractivity contribution in [1.82, 2.24) is 4.90 Å². The first kappa shape index (κ1) is 12.0. The number of nitrogens with two attached hydrogens (primary N) is 1. The molecule has 2 nitrogen and oxygen atoms in total. The molecule has 0 aromatic heterocycles. The fourth-order valence-electron chi connectivity index (χ4n) is 2.46. The summed E-state index contributed by atoms with van der Waals surface area (Å²) in [5, 5.41) is 0. The average Bonchev–Trinajstić information content (AvgIpc) is 2.19. The molecule has 3 unspecified atom stereocenters. The molecule has 1 aliphatic heterocycles. The summed E-state index contributed by atoms with van der Waals surface area (Å²) in [6.45, 7) is 10.4. The Morgan fingerprint density at radius 2 is 2.07 bits per heavy atom. The quantitative estimate of drug-likeness (QED) is 0.749. The van der Waals surface area contributed by atoms with Crippen LogP contribution >= 0.6 is 0 Å². The van der Waals surface area contributed by atoms with Crippen molar-refractivity contribution in [2.45, 2.75) is 46.1 Å². The maximum atomic E-state index is 5.65. The van der Waals surface area contributed by atoms with Gasteiger partial charge in [-0.1, -0.05) is 20.8 Å².